The molecule has 1 aromatic heterocycles. The monoisotopic (exact) mass is 265 g/mol. The molecule has 0 atom stereocenters. The molecule has 0 fully saturated rings. The van der Waals surface area contributed by atoms with Crippen molar-refractivity contribution in [1.82, 2.24) is 15.1 Å². The molecule has 1 amide bonds. The zero-order valence-electron chi connectivity index (χ0n) is 11.4. The molecule has 3 N–H and O–H groups in total. The van der Waals surface area contributed by atoms with Crippen LogP contribution in [0.4, 0.5) is 0 Å². The van der Waals surface area contributed by atoms with Gasteiger partial charge in [0.05, 0.1) is 23.5 Å². The molecule has 0 aliphatic carbocycles. The fourth-order valence-corrected chi connectivity index (χ4v) is 1.69. The van der Waals surface area contributed by atoms with E-state index in [1.165, 1.54) is 4.90 Å². The van der Waals surface area contributed by atoms with Gasteiger partial charge in [0.2, 0.25) is 0 Å². The fraction of sp³-hybridized carbons (Fsp3) is 0.500. The second kappa shape index (κ2) is 6.67. The number of aryl methyl sites for hydroxylation is 2. The van der Waals surface area contributed by atoms with Crippen molar-refractivity contribution in [3.8, 4) is 0 Å². The van der Waals surface area contributed by atoms with Crippen molar-refractivity contribution < 1.29 is 10.0 Å². The molecule has 0 unspecified atom stereocenters. The number of nitrogens with two attached hydrogens (primary N) is 1. The average molecular weight is 265 g/mol. The molecule has 0 aliphatic rings. The standard InChI is InChI=1S/C12H19N5O2/c1-4-10-9(6-8(3)14-15-10)12(18)17(5-2)7-11(13)16-19/h6,19H,4-5,7H2,1-3H3,(H2,13,16). The number of nitrogens with zero attached hydrogens (tertiary/aromatic N) is 4. The third kappa shape index (κ3) is 3.64. The van der Waals surface area contributed by atoms with Gasteiger partial charge in [-0.25, -0.2) is 0 Å². The smallest absolute Gasteiger partial charge is 0.256 e. The first-order valence-electron chi connectivity index (χ1n) is 6.12. The van der Waals surface area contributed by atoms with Crippen LogP contribution in [0.25, 0.3) is 0 Å². The minimum absolute atomic E-state index is 0.00742. The summed E-state index contributed by atoms with van der Waals surface area (Å²) >= 11 is 0. The Balaban J connectivity index is 3.06. The number of carbonyl (C=O) groups excluding carboxylic acids is 1. The first-order chi connectivity index (χ1) is 9.03. The summed E-state index contributed by atoms with van der Waals surface area (Å²) < 4.78 is 0. The number of rotatable bonds is 5. The van der Waals surface area contributed by atoms with E-state index in [-0.39, 0.29) is 18.3 Å². The Labute approximate surface area is 112 Å². The summed E-state index contributed by atoms with van der Waals surface area (Å²) in [5, 5.41) is 19.4. The number of hydrogen-bond donors (Lipinski definition) is 2. The van der Waals surface area contributed by atoms with Crippen LogP contribution in [0.5, 0.6) is 0 Å². The minimum Gasteiger partial charge on any atom is -0.409 e. The van der Waals surface area contributed by atoms with Crippen LogP contribution in [0.2, 0.25) is 0 Å². The first kappa shape index (κ1) is 14.9. The highest BCUT2D eigenvalue weighted by Crippen LogP contribution is 2.11. The highest BCUT2D eigenvalue weighted by atomic mass is 16.4. The Morgan fingerprint density at radius 1 is 1.47 bits per heavy atom. The van der Waals surface area contributed by atoms with E-state index in [0.29, 0.717) is 29.9 Å². The predicted molar refractivity (Wildman–Crippen MR) is 71.1 cm³/mol. The number of aromatic nitrogens is 2. The van der Waals surface area contributed by atoms with Gasteiger partial charge in [-0.1, -0.05) is 12.1 Å². The van der Waals surface area contributed by atoms with Gasteiger partial charge in [0, 0.05) is 6.54 Å². The second-order valence-electron chi connectivity index (χ2n) is 4.11. The van der Waals surface area contributed by atoms with Crippen molar-refractivity contribution in [2.75, 3.05) is 13.1 Å². The van der Waals surface area contributed by atoms with Crippen LogP contribution in [0.3, 0.4) is 0 Å². The third-order valence-electron chi connectivity index (χ3n) is 2.71. The van der Waals surface area contributed by atoms with Gasteiger partial charge in [-0.3, -0.25) is 4.79 Å². The highest BCUT2D eigenvalue weighted by Gasteiger charge is 2.19. The topological polar surface area (TPSA) is 105 Å². The van der Waals surface area contributed by atoms with Gasteiger partial charge >= 0.3 is 0 Å². The molecular weight excluding hydrogens is 246 g/mol. The molecule has 0 radical (unpaired) electrons. The average Bonchev–Trinajstić information content (AvgIpc) is 2.43. The van der Waals surface area contributed by atoms with E-state index in [1.54, 1.807) is 13.0 Å². The minimum atomic E-state index is -0.191. The highest BCUT2D eigenvalue weighted by molar-refractivity contribution is 5.97. The lowest BCUT2D eigenvalue weighted by Crippen LogP contribution is -2.39. The van der Waals surface area contributed by atoms with Crippen LogP contribution in [-0.2, 0) is 6.42 Å². The van der Waals surface area contributed by atoms with Gasteiger partial charge in [-0.05, 0) is 26.3 Å². The molecule has 1 rings (SSSR count). The lowest BCUT2D eigenvalue weighted by atomic mass is 10.1. The van der Waals surface area contributed by atoms with E-state index in [2.05, 4.69) is 15.4 Å². The number of hydrogen-bond acceptors (Lipinski definition) is 5. The zero-order valence-corrected chi connectivity index (χ0v) is 11.4. The Morgan fingerprint density at radius 3 is 2.68 bits per heavy atom. The molecule has 1 aromatic rings. The van der Waals surface area contributed by atoms with E-state index in [9.17, 15) is 4.79 Å². The Kier molecular flexibility index (Phi) is 5.23. The maximum absolute atomic E-state index is 12.4. The van der Waals surface area contributed by atoms with Crippen molar-refractivity contribution in [2.24, 2.45) is 10.9 Å². The summed E-state index contributed by atoms with van der Waals surface area (Å²) in [5.41, 5.74) is 7.29. The molecule has 0 saturated carbocycles. The van der Waals surface area contributed by atoms with Gasteiger partial charge in [0.15, 0.2) is 5.84 Å². The van der Waals surface area contributed by atoms with E-state index in [1.807, 2.05) is 13.8 Å². The lowest BCUT2D eigenvalue weighted by Gasteiger charge is -2.21. The molecule has 19 heavy (non-hydrogen) atoms. The number of likely N-dealkylation sites (N-methyl/N-ethyl adjacent to an activating group) is 1. The Morgan fingerprint density at radius 2 is 2.16 bits per heavy atom. The molecule has 104 valence electrons. The summed E-state index contributed by atoms with van der Waals surface area (Å²) in [4.78, 5) is 13.9. The van der Waals surface area contributed by atoms with E-state index >= 15 is 0 Å². The fourth-order valence-electron chi connectivity index (χ4n) is 1.69. The van der Waals surface area contributed by atoms with Gasteiger partial charge in [0.1, 0.15) is 0 Å². The molecular formula is C12H19N5O2. The molecule has 0 aliphatic heterocycles. The van der Waals surface area contributed by atoms with Gasteiger partial charge < -0.3 is 15.8 Å². The summed E-state index contributed by atoms with van der Waals surface area (Å²) in [5.74, 6) is -0.198. The van der Waals surface area contributed by atoms with E-state index in [0.717, 1.165) is 0 Å². The van der Waals surface area contributed by atoms with Crippen molar-refractivity contribution in [3.63, 3.8) is 0 Å². The molecule has 7 heteroatoms. The quantitative estimate of drug-likeness (QED) is 0.350. The molecule has 7 nitrogen and oxygen atoms in total. The van der Waals surface area contributed by atoms with E-state index < -0.39 is 0 Å². The summed E-state index contributed by atoms with van der Waals surface area (Å²) in [7, 11) is 0. The van der Waals surface area contributed by atoms with Crippen molar-refractivity contribution in [3.05, 3.63) is 23.0 Å². The predicted octanol–water partition coefficient (Wildman–Crippen LogP) is 0.556. The number of carbonyl (C=O) groups is 1. The Bertz CT molecular complexity index is 487. The number of amidine groups is 1. The van der Waals surface area contributed by atoms with Crippen LogP contribution in [0, 0.1) is 6.92 Å². The summed E-state index contributed by atoms with van der Waals surface area (Å²) in [6, 6.07) is 1.71. The van der Waals surface area contributed by atoms with Crippen LogP contribution >= 0.6 is 0 Å². The van der Waals surface area contributed by atoms with Crippen LogP contribution in [-0.4, -0.2) is 45.1 Å². The maximum atomic E-state index is 12.4. The van der Waals surface area contributed by atoms with Gasteiger partial charge in [-0.2, -0.15) is 10.2 Å². The normalized spacial score (nSPS) is 11.4. The first-order valence-corrected chi connectivity index (χ1v) is 6.12. The lowest BCUT2D eigenvalue weighted by molar-refractivity contribution is 0.0784. The van der Waals surface area contributed by atoms with E-state index in [4.69, 9.17) is 10.9 Å². The van der Waals surface area contributed by atoms with Crippen LogP contribution in [0.1, 0.15) is 35.6 Å². The number of oxime groups is 1. The number of amides is 1. The molecule has 0 bridgehead atoms. The summed E-state index contributed by atoms with van der Waals surface area (Å²) in [6.07, 6.45) is 0.621. The summed E-state index contributed by atoms with van der Waals surface area (Å²) in [6.45, 7) is 6.06. The molecule has 1 heterocycles. The SMILES string of the molecule is CCc1nnc(C)cc1C(=O)N(CC)C/C(N)=N/O. The van der Waals surface area contributed by atoms with Gasteiger partial charge in [0.25, 0.3) is 5.91 Å². The van der Waals surface area contributed by atoms with Crippen molar-refractivity contribution in [2.45, 2.75) is 27.2 Å². The van der Waals surface area contributed by atoms with Crippen molar-refractivity contribution >= 4 is 11.7 Å². The molecule has 0 aromatic carbocycles. The second-order valence-corrected chi connectivity index (χ2v) is 4.11. The van der Waals surface area contributed by atoms with Crippen molar-refractivity contribution in [1.29, 1.82) is 0 Å². The largest absolute Gasteiger partial charge is 0.409 e. The van der Waals surface area contributed by atoms with Crippen LogP contribution in [0.15, 0.2) is 11.2 Å². The van der Waals surface area contributed by atoms with Gasteiger partial charge in [-0.15, -0.1) is 0 Å². The zero-order chi connectivity index (χ0) is 14.4. The van der Waals surface area contributed by atoms with Crippen LogP contribution < -0.4 is 5.73 Å². The molecule has 0 spiro atoms. The Hall–Kier alpha value is -2.18. The third-order valence-corrected chi connectivity index (χ3v) is 2.71. The molecule has 0 saturated heterocycles. The maximum Gasteiger partial charge on any atom is 0.256 e.